The lowest BCUT2D eigenvalue weighted by molar-refractivity contribution is -0.140. The molecule has 1 fully saturated rings. The zero-order valence-electron chi connectivity index (χ0n) is 24.2. The smallest absolute Gasteiger partial charge is 0.295 e. The normalized spacial score (nSPS) is 15.9. The standard InChI is InChI=1S/C35H34N2O6/c1-3-19-42-28-15-12-26(13-16-28)33(38)31-32(37(35(40)34(31)39)22-25-11-8-18-36-21-25)27-14-17-29(30(20-27)41-4-2)43-23-24-9-6-5-7-10-24/h5-18,20-21,32,38H,3-4,19,22-23H2,1-2H3/b33-31+. The number of aliphatic hydroxyl groups is 1. The molecule has 8 nitrogen and oxygen atoms in total. The molecule has 1 atom stereocenters. The first kappa shape index (κ1) is 29.4. The van der Waals surface area contributed by atoms with Gasteiger partial charge in [0.05, 0.1) is 24.8 Å². The van der Waals surface area contributed by atoms with Crippen molar-refractivity contribution in [1.82, 2.24) is 9.88 Å². The van der Waals surface area contributed by atoms with Gasteiger partial charge in [-0.05, 0) is 72.5 Å². The van der Waals surface area contributed by atoms with Crippen LogP contribution in [0.1, 0.15) is 48.6 Å². The zero-order chi connectivity index (χ0) is 30.2. The first-order valence-corrected chi connectivity index (χ1v) is 14.3. The van der Waals surface area contributed by atoms with E-state index in [4.69, 9.17) is 14.2 Å². The lowest BCUT2D eigenvalue weighted by Crippen LogP contribution is -2.29. The van der Waals surface area contributed by atoms with Gasteiger partial charge in [0.2, 0.25) is 0 Å². The molecule has 1 N–H and O–H groups in total. The van der Waals surface area contributed by atoms with Crippen LogP contribution < -0.4 is 14.2 Å². The number of aromatic nitrogens is 1. The Balaban J connectivity index is 1.56. The van der Waals surface area contributed by atoms with E-state index < -0.39 is 17.7 Å². The molecule has 2 heterocycles. The molecule has 1 aromatic heterocycles. The highest BCUT2D eigenvalue weighted by molar-refractivity contribution is 6.46. The maximum absolute atomic E-state index is 13.5. The SMILES string of the molecule is CCCOc1ccc(/C(O)=C2\C(=O)C(=O)N(Cc3cccnc3)C2c2ccc(OCc3ccccc3)c(OCC)c2)cc1. The summed E-state index contributed by atoms with van der Waals surface area (Å²) in [6, 6.07) is 24.7. The van der Waals surface area contributed by atoms with Crippen LogP contribution in [0.4, 0.5) is 0 Å². The second-order valence-corrected chi connectivity index (χ2v) is 10.1. The van der Waals surface area contributed by atoms with Crippen LogP contribution in [-0.4, -0.2) is 39.9 Å². The number of pyridine rings is 1. The summed E-state index contributed by atoms with van der Waals surface area (Å²) in [4.78, 5) is 32.6. The second kappa shape index (κ2) is 13.7. The molecule has 1 aliphatic rings. The number of Topliss-reactive ketones (excluding diaryl/α,β-unsaturated/α-hetero) is 1. The van der Waals surface area contributed by atoms with Crippen molar-refractivity contribution >= 4 is 17.4 Å². The fourth-order valence-electron chi connectivity index (χ4n) is 4.98. The van der Waals surface area contributed by atoms with Gasteiger partial charge in [-0.25, -0.2) is 0 Å². The maximum Gasteiger partial charge on any atom is 0.295 e. The highest BCUT2D eigenvalue weighted by Gasteiger charge is 2.46. The van der Waals surface area contributed by atoms with Gasteiger partial charge in [-0.1, -0.05) is 49.4 Å². The highest BCUT2D eigenvalue weighted by atomic mass is 16.5. The molecule has 5 rings (SSSR count). The first-order valence-electron chi connectivity index (χ1n) is 14.3. The first-order chi connectivity index (χ1) is 21.0. The average molecular weight is 579 g/mol. The fourth-order valence-corrected chi connectivity index (χ4v) is 4.98. The van der Waals surface area contributed by atoms with Crippen molar-refractivity contribution in [3.63, 3.8) is 0 Å². The Labute approximate surface area is 251 Å². The summed E-state index contributed by atoms with van der Waals surface area (Å²) < 4.78 is 17.7. The molecule has 43 heavy (non-hydrogen) atoms. The minimum absolute atomic E-state index is 0.00322. The predicted octanol–water partition coefficient (Wildman–Crippen LogP) is 6.47. The van der Waals surface area contributed by atoms with Gasteiger partial charge in [0.1, 0.15) is 18.1 Å². The molecular weight excluding hydrogens is 544 g/mol. The van der Waals surface area contributed by atoms with Crippen molar-refractivity contribution in [2.75, 3.05) is 13.2 Å². The Bertz CT molecular complexity index is 1590. The molecule has 0 spiro atoms. The Morgan fingerprint density at radius 1 is 0.860 bits per heavy atom. The van der Waals surface area contributed by atoms with Crippen LogP contribution in [0.5, 0.6) is 17.2 Å². The zero-order valence-corrected chi connectivity index (χ0v) is 24.2. The number of hydrogen-bond donors (Lipinski definition) is 1. The number of aliphatic hydroxyl groups excluding tert-OH is 1. The molecule has 3 aromatic carbocycles. The Hall–Kier alpha value is -5.11. The summed E-state index contributed by atoms with van der Waals surface area (Å²) in [5.41, 5.74) is 2.75. The van der Waals surface area contributed by atoms with Gasteiger partial charge in [0.15, 0.2) is 11.5 Å². The van der Waals surface area contributed by atoms with Crippen molar-refractivity contribution in [3.8, 4) is 17.2 Å². The average Bonchev–Trinajstić information content (AvgIpc) is 3.29. The monoisotopic (exact) mass is 578 g/mol. The summed E-state index contributed by atoms with van der Waals surface area (Å²) in [5.74, 6) is -0.0803. The summed E-state index contributed by atoms with van der Waals surface area (Å²) in [5, 5.41) is 11.5. The molecule has 0 radical (unpaired) electrons. The third kappa shape index (κ3) is 6.70. The van der Waals surface area contributed by atoms with E-state index in [-0.39, 0.29) is 17.9 Å². The van der Waals surface area contributed by atoms with Gasteiger partial charge in [-0.15, -0.1) is 0 Å². The molecule has 0 aliphatic carbocycles. The molecule has 4 aromatic rings. The minimum atomic E-state index is -0.876. The van der Waals surface area contributed by atoms with Gasteiger partial charge in [-0.2, -0.15) is 0 Å². The van der Waals surface area contributed by atoms with E-state index >= 15 is 0 Å². The van der Waals surface area contributed by atoms with Crippen molar-refractivity contribution in [2.45, 2.75) is 39.5 Å². The predicted molar refractivity (Wildman–Crippen MR) is 163 cm³/mol. The van der Waals surface area contributed by atoms with Crippen molar-refractivity contribution in [2.24, 2.45) is 0 Å². The largest absolute Gasteiger partial charge is 0.507 e. The molecule has 8 heteroatoms. The van der Waals surface area contributed by atoms with Crippen LogP contribution in [0.2, 0.25) is 0 Å². The summed E-state index contributed by atoms with van der Waals surface area (Å²) in [6.45, 7) is 5.31. The van der Waals surface area contributed by atoms with Gasteiger partial charge in [0, 0.05) is 24.5 Å². The van der Waals surface area contributed by atoms with Gasteiger partial charge in [0.25, 0.3) is 11.7 Å². The van der Waals surface area contributed by atoms with Crippen molar-refractivity contribution in [3.05, 3.63) is 125 Å². The lowest BCUT2D eigenvalue weighted by Gasteiger charge is -2.26. The van der Waals surface area contributed by atoms with E-state index in [1.807, 2.05) is 50.2 Å². The van der Waals surface area contributed by atoms with Crippen molar-refractivity contribution < 1.29 is 28.9 Å². The number of likely N-dealkylation sites (tertiary alicyclic amines) is 1. The molecule has 1 aliphatic heterocycles. The van der Waals surface area contributed by atoms with Crippen molar-refractivity contribution in [1.29, 1.82) is 0 Å². The molecule has 1 amide bonds. The number of hydrogen-bond acceptors (Lipinski definition) is 7. The molecule has 0 saturated carbocycles. The number of amides is 1. The molecular formula is C35H34N2O6. The minimum Gasteiger partial charge on any atom is -0.507 e. The van der Waals surface area contributed by atoms with E-state index in [2.05, 4.69) is 4.98 Å². The van der Waals surface area contributed by atoms with Crippen LogP contribution >= 0.6 is 0 Å². The number of benzene rings is 3. The third-order valence-corrected chi connectivity index (χ3v) is 7.04. The van der Waals surface area contributed by atoms with Crippen LogP contribution in [-0.2, 0) is 22.7 Å². The van der Waals surface area contributed by atoms with E-state index in [1.54, 1.807) is 60.9 Å². The summed E-state index contributed by atoms with van der Waals surface area (Å²) >= 11 is 0. The van der Waals surface area contributed by atoms with E-state index in [1.165, 1.54) is 4.90 Å². The number of ether oxygens (including phenoxy) is 3. The number of carbonyl (C=O) groups is 2. The highest BCUT2D eigenvalue weighted by Crippen LogP contribution is 2.43. The van der Waals surface area contributed by atoms with Gasteiger partial charge < -0.3 is 24.2 Å². The van der Waals surface area contributed by atoms with E-state index in [9.17, 15) is 14.7 Å². The van der Waals surface area contributed by atoms with Crippen LogP contribution in [0, 0.1) is 0 Å². The van der Waals surface area contributed by atoms with Crippen LogP contribution in [0.15, 0.2) is 103 Å². The Kier molecular flexibility index (Phi) is 9.36. The van der Waals surface area contributed by atoms with Crippen LogP contribution in [0.25, 0.3) is 5.76 Å². The number of rotatable bonds is 12. The number of carbonyl (C=O) groups excluding carboxylic acids is 2. The van der Waals surface area contributed by atoms with Gasteiger partial charge in [-0.3, -0.25) is 14.6 Å². The molecule has 220 valence electrons. The Morgan fingerprint density at radius 3 is 2.33 bits per heavy atom. The second-order valence-electron chi connectivity index (χ2n) is 10.1. The number of nitrogens with zero attached hydrogens (tertiary/aromatic N) is 2. The summed E-state index contributed by atoms with van der Waals surface area (Å²) in [7, 11) is 0. The lowest BCUT2D eigenvalue weighted by atomic mass is 9.94. The van der Waals surface area contributed by atoms with Gasteiger partial charge >= 0.3 is 0 Å². The number of ketones is 1. The Morgan fingerprint density at radius 2 is 1.63 bits per heavy atom. The molecule has 0 bridgehead atoms. The molecule has 1 saturated heterocycles. The van der Waals surface area contributed by atoms with E-state index in [0.717, 1.165) is 17.5 Å². The quantitative estimate of drug-likeness (QED) is 0.117. The third-order valence-electron chi connectivity index (χ3n) is 7.04. The topological polar surface area (TPSA) is 98.2 Å². The maximum atomic E-state index is 13.5. The fraction of sp³-hybridized carbons (Fsp3) is 0.229. The summed E-state index contributed by atoms with van der Waals surface area (Å²) in [6.07, 6.45) is 4.16. The van der Waals surface area contributed by atoms with E-state index in [0.29, 0.717) is 48.2 Å². The molecule has 1 unspecified atom stereocenters. The van der Waals surface area contributed by atoms with Crippen LogP contribution in [0.3, 0.4) is 0 Å².